The Morgan fingerprint density at radius 1 is 1.57 bits per heavy atom. The van der Waals surface area contributed by atoms with Gasteiger partial charge < -0.3 is 10.1 Å². The van der Waals surface area contributed by atoms with E-state index in [2.05, 4.69) is 37.9 Å². The van der Waals surface area contributed by atoms with Crippen molar-refractivity contribution in [3.8, 4) is 0 Å². The maximum absolute atomic E-state index is 5.62. The van der Waals surface area contributed by atoms with Crippen LogP contribution in [0.15, 0.2) is 6.07 Å². The number of aromatic nitrogens is 2. The van der Waals surface area contributed by atoms with Crippen molar-refractivity contribution in [2.24, 2.45) is 0 Å². The van der Waals surface area contributed by atoms with Gasteiger partial charge in [0, 0.05) is 13.1 Å². The van der Waals surface area contributed by atoms with Gasteiger partial charge in [-0.05, 0) is 35.6 Å². The fourth-order valence-electron chi connectivity index (χ4n) is 1.47. The molecule has 1 aliphatic heterocycles. The highest BCUT2D eigenvalue weighted by Gasteiger charge is 2.17. The lowest BCUT2D eigenvalue weighted by Crippen LogP contribution is -2.33. The molecule has 0 saturated carbocycles. The molecule has 1 unspecified atom stereocenters. The minimum atomic E-state index is 0.0824. The van der Waals surface area contributed by atoms with Crippen molar-refractivity contribution >= 4 is 22.6 Å². The first kappa shape index (κ1) is 10.3. The number of hydrogen-bond acceptors (Lipinski definition) is 4. The summed E-state index contributed by atoms with van der Waals surface area (Å²) in [7, 11) is 0. The average molecular weight is 305 g/mol. The zero-order valence-corrected chi connectivity index (χ0v) is 10.1. The normalized spacial score (nSPS) is 22.3. The van der Waals surface area contributed by atoms with Crippen LogP contribution in [0.25, 0.3) is 0 Å². The van der Waals surface area contributed by atoms with Crippen LogP contribution in [0.2, 0.25) is 0 Å². The van der Waals surface area contributed by atoms with Crippen LogP contribution < -0.4 is 5.32 Å². The molecule has 0 spiro atoms. The maximum Gasteiger partial charge on any atom is 0.126 e. The number of aryl methyl sites for hydroxylation is 1. The third-order valence-corrected chi connectivity index (χ3v) is 2.64. The molecule has 76 valence electrons. The van der Waals surface area contributed by atoms with Gasteiger partial charge in [-0.25, -0.2) is 9.97 Å². The second kappa shape index (κ2) is 4.50. The zero-order chi connectivity index (χ0) is 9.97. The second-order valence-electron chi connectivity index (χ2n) is 3.23. The lowest BCUT2D eigenvalue weighted by atomic mass is 10.2. The minimum Gasteiger partial charge on any atom is -0.369 e. The standard InChI is InChI=1S/C9H12IN3O/c1-6-12-7(4-9(10)13-6)8-5-11-2-3-14-8/h4,8,11H,2-3,5H2,1H3. The number of nitrogens with zero attached hydrogens (tertiary/aromatic N) is 2. The van der Waals surface area contributed by atoms with E-state index in [-0.39, 0.29) is 6.10 Å². The van der Waals surface area contributed by atoms with Crippen LogP contribution in [0.5, 0.6) is 0 Å². The van der Waals surface area contributed by atoms with E-state index >= 15 is 0 Å². The Labute approximate surface area is 96.6 Å². The van der Waals surface area contributed by atoms with E-state index in [1.54, 1.807) is 0 Å². The molecule has 0 amide bonds. The smallest absolute Gasteiger partial charge is 0.126 e. The molecule has 1 aromatic heterocycles. The van der Waals surface area contributed by atoms with E-state index in [0.29, 0.717) is 0 Å². The van der Waals surface area contributed by atoms with E-state index in [1.807, 2.05) is 13.0 Å². The summed E-state index contributed by atoms with van der Waals surface area (Å²) in [5.41, 5.74) is 0.981. The fraction of sp³-hybridized carbons (Fsp3) is 0.556. The molecule has 1 N–H and O–H groups in total. The van der Waals surface area contributed by atoms with Gasteiger partial charge in [0.25, 0.3) is 0 Å². The van der Waals surface area contributed by atoms with Crippen LogP contribution in [-0.4, -0.2) is 29.7 Å². The molecule has 0 bridgehead atoms. The first-order valence-electron chi connectivity index (χ1n) is 4.59. The van der Waals surface area contributed by atoms with E-state index in [4.69, 9.17) is 4.74 Å². The number of rotatable bonds is 1. The highest BCUT2D eigenvalue weighted by molar-refractivity contribution is 14.1. The minimum absolute atomic E-state index is 0.0824. The Morgan fingerprint density at radius 3 is 3.07 bits per heavy atom. The summed E-state index contributed by atoms with van der Waals surface area (Å²) in [6.07, 6.45) is 0.0824. The number of morpholine rings is 1. The molecule has 5 heteroatoms. The van der Waals surface area contributed by atoms with Gasteiger partial charge in [-0.1, -0.05) is 0 Å². The zero-order valence-electron chi connectivity index (χ0n) is 7.96. The Bertz CT molecular complexity index is 306. The number of hydrogen-bond donors (Lipinski definition) is 1. The Morgan fingerprint density at radius 2 is 2.43 bits per heavy atom. The van der Waals surface area contributed by atoms with Crippen molar-refractivity contribution in [3.05, 3.63) is 21.3 Å². The summed E-state index contributed by atoms with van der Waals surface area (Å²) in [5.74, 6) is 0.807. The highest BCUT2D eigenvalue weighted by atomic mass is 127. The highest BCUT2D eigenvalue weighted by Crippen LogP contribution is 2.17. The van der Waals surface area contributed by atoms with E-state index < -0.39 is 0 Å². The number of halogens is 1. The van der Waals surface area contributed by atoms with Gasteiger partial charge >= 0.3 is 0 Å². The SMILES string of the molecule is Cc1nc(I)cc(C2CNCCO2)n1. The topological polar surface area (TPSA) is 47.0 Å². The van der Waals surface area contributed by atoms with Crippen molar-refractivity contribution in [2.45, 2.75) is 13.0 Å². The van der Waals surface area contributed by atoms with E-state index in [9.17, 15) is 0 Å². The Balaban J connectivity index is 2.21. The lowest BCUT2D eigenvalue weighted by molar-refractivity contribution is 0.0248. The summed E-state index contributed by atoms with van der Waals surface area (Å²) in [6.45, 7) is 4.43. The number of ether oxygens (including phenoxy) is 1. The predicted octanol–water partition coefficient (Wildman–Crippen LogP) is 1.05. The van der Waals surface area contributed by atoms with Gasteiger partial charge in [-0.15, -0.1) is 0 Å². The van der Waals surface area contributed by atoms with Crippen molar-refractivity contribution in [2.75, 3.05) is 19.7 Å². The second-order valence-corrected chi connectivity index (χ2v) is 4.33. The van der Waals surface area contributed by atoms with Crippen molar-refractivity contribution in [3.63, 3.8) is 0 Å². The molecule has 2 rings (SSSR count). The van der Waals surface area contributed by atoms with Gasteiger partial charge in [0.15, 0.2) is 0 Å². The molecule has 1 fully saturated rings. The molecule has 0 radical (unpaired) electrons. The lowest BCUT2D eigenvalue weighted by Gasteiger charge is -2.23. The molecule has 4 nitrogen and oxygen atoms in total. The molecule has 0 aromatic carbocycles. The molecular formula is C9H12IN3O. The molecule has 1 atom stereocenters. The van der Waals surface area contributed by atoms with E-state index in [0.717, 1.165) is 34.9 Å². The van der Waals surface area contributed by atoms with Crippen LogP contribution in [-0.2, 0) is 4.74 Å². The van der Waals surface area contributed by atoms with Crippen LogP contribution in [0.3, 0.4) is 0 Å². The fourth-order valence-corrected chi connectivity index (χ4v) is 2.14. The van der Waals surface area contributed by atoms with E-state index in [1.165, 1.54) is 0 Å². The Kier molecular flexibility index (Phi) is 3.30. The monoisotopic (exact) mass is 305 g/mol. The van der Waals surface area contributed by atoms with Crippen molar-refractivity contribution in [1.29, 1.82) is 0 Å². The van der Waals surface area contributed by atoms with Gasteiger partial charge in [0.05, 0.1) is 12.3 Å². The maximum atomic E-state index is 5.62. The first-order chi connectivity index (χ1) is 6.75. The third-order valence-electron chi connectivity index (χ3n) is 2.08. The van der Waals surface area contributed by atoms with Crippen LogP contribution in [0.4, 0.5) is 0 Å². The van der Waals surface area contributed by atoms with Crippen LogP contribution in [0, 0.1) is 10.6 Å². The van der Waals surface area contributed by atoms with Crippen molar-refractivity contribution in [1.82, 2.24) is 15.3 Å². The van der Waals surface area contributed by atoms with Crippen LogP contribution in [0.1, 0.15) is 17.6 Å². The molecule has 14 heavy (non-hydrogen) atoms. The number of nitrogens with one attached hydrogen (secondary N) is 1. The molecule has 2 heterocycles. The van der Waals surface area contributed by atoms with Crippen LogP contribution >= 0.6 is 22.6 Å². The summed E-state index contributed by atoms with van der Waals surface area (Å²) in [5, 5.41) is 3.28. The summed E-state index contributed by atoms with van der Waals surface area (Å²) < 4.78 is 6.59. The van der Waals surface area contributed by atoms with Gasteiger partial charge in [-0.2, -0.15) is 0 Å². The molecule has 1 saturated heterocycles. The van der Waals surface area contributed by atoms with Gasteiger partial charge in [-0.3, -0.25) is 0 Å². The molecule has 1 aromatic rings. The largest absolute Gasteiger partial charge is 0.369 e. The first-order valence-corrected chi connectivity index (χ1v) is 5.67. The predicted molar refractivity (Wildman–Crippen MR) is 61.0 cm³/mol. The van der Waals surface area contributed by atoms with Crippen molar-refractivity contribution < 1.29 is 4.74 Å². The molecule has 0 aliphatic carbocycles. The average Bonchev–Trinajstić information content (AvgIpc) is 2.18. The van der Waals surface area contributed by atoms with Gasteiger partial charge in [0.1, 0.15) is 15.6 Å². The summed E-state index contributed by atoms with van der Waals surface area (Å²) in [6, 6.07) is 1.98. The van der Waals surface area contributed by atoms with Gasteiger partial charge in [0.2, 0.25) is 0 Å². The summed E-state index contributed by atoms with van der Waals surface area (Å²) in [4.78, 5) is 8.61. The third kappa shape index (κ3) is 2.40. The Hall–Kier alpha value is -0.270. The summed E-state index contributed by atoms with van der Waals surface area (Å²) >= 11 is 2.20. The molecule has 1 aliphatic rings. The molecular weight excluding hydrogens is 293 g/mol. The quantitative estimate of drug-likeness (QED) is 0.622.